The van der Waals surface area contributed by atoms with Crippen molar-refractivity contribution in [3.63, 3.8) is 0 Å². The number of hydrogen-bond donors (Lipinski definition) is 1. The maximum atomic E-state index is 3.49. The SMILES string of the molecule is CC(C)CCNCc1ccc(-c2c[c]ccc2)cc1. The molecule has 1 radical (unpaired) electrons. The Morgan fingerprint density at radius 3 is 2.47 bits per heavy atom. The quantitative estimate of drug-likeness (QED) is 0.756. The summed E-state index contributed by atoms with van der Waals surface area (Å²) in [6.45, 7) is 6.56. The monoisotopic (exact) mass is 252 g/mol. The summed E-state index contributed by atoms with van der Waals surface area (Å²) in [5, 5.41) is 3.49. The van der Waals surface area contributed by atoms with Crippen LogP contribution in [0.5, 0.6) is 0 Å². The van der Waals surface area contributed by atoms with Gasteiger partial charge in [0, 0.05) is 6.54 Å². The molecule has 0 spiro atoms. The third-order valence-corrected chi connectivity index (χ3v) is 3.22. The predicted molar refractivity (Wildman–Crippen MR) is 81.9 cm³/mol. The van der Waals surface area contributed by atoms with Crippen LogP contribution in [-0.4, -0.2) is 6.54 Å². The van der Waals surface area contributed by atoms with Gasteiger partial charge in [0.25, 0.3) is 0 Å². The van der Waals surface area contributed by atoms with Crippen LogP contribution in [0.15, 0.2) is 48.5 Å². The van der Waals surface area contributed by atoms with Crippen LogP contribution in [0.4, 0.5) is 0 Å². The second kappa shape index (κ2) is 7.10. The molecule has 19 heavy (non-hydrogen) atoms. The average molecular weight is 252 g/mol. The summed E-state index contributed by atoms with van der Waals surface area (Å²) in [6.07, 6.45) is 1.23. The summed E-state index contributed by atoms with van der Waals surface area (Å²) >= 11 is 0. The normalized spacial score (nSPS) is 10.9. The second-order valence-corrected chi connectivity index (χ2v) is 5.35. The van der Waals surface area contributed by atoms with E-state index in [9.17, 15) is 0 Å². The minimum atomic E-state index is 0.768. The highest BCUT2D eigenvalue weighted by molar-refractivity contribution is 5.63. The van der Waals surface area contributed by atoms with Crippen molar-refractivity contribution in [2.24, 2.45) is 5.92 Å². The van der Waals surface area contributed by atoms with Crippen molar-refractivity contribution in [2.45, 2.75) is 26.8 Å². The number of benzene rings is 2. The topological polar surface area (TPSA) is 12.0 Å². The Hall–Kier alpha value is -1.60. The molecule has 0 heterocycles. The van der Waals surface area contributed by atoms with Gasteiger partial charge in [0.05, 0.1) is 0 Å². The van der Waals surface area contributed by atoms with Crippen LogP contribution < -0.4 is 5.32 Å². The van der Waals surface area contributed by atoms with Gasteiger partial charge in [-0.1, -0.05) is 56.3 Å². The second-order valence-electron chi connectivity index (χ2n) is 5.35. The average Bonchev–Trinajstić information content (AvgIpc) is 2.45. The Morgan fingerprint density at radius 2 is 1.84 bits per heavy atom. The van der Waals surface area contributed by atoms with E-state index < -0.39 is 0 Å². The molecule has 2 aromatic carbocycles. The minimum Gasteiger partial charge on any atom is -0.313 e. The smallest absolute Gasteiger partial charge is 0.0205 e. The molecule has 1 heteroatoms. The molecule has 0 aromatic heterocycles. The van der Waals surface area contributed by atoms with Crippen LogP contribution in [0, 0.1) is 12.0 Å². The molecule has 0 aliphatic heterocycles. The highest BCUT2D eigenvalue weighted by Gasteiger charge is 1.98. The Labute approximate surface area is 116 Å². The van der Waals surface area contributed by atoms with E-state index in [1.807, 2.05) is 18.2 Å². The molecule has 0 amide bonds. The van der Waals surface area contributed by atoms with Crippen LogP contribution >= 0.6 is 0 Å². The zero-order valence-electron chi connectivity index (χ0n) is 11.8. The van der Waals surface area contributed by atoms with Gasteiger partial charge in [0.2, 0.25) is 0 Å². The van der Waals surface area contributed by atoms with Gasteiger partial charge in [-0.15, -0.1) is 0 Å². The molecule has 99 valence electrons. The first kappa shape index (κ1) is 13.8. The zero-order valence-corrected chi connectivity index (χ0v) is 11.8. The predicted octanol–water partition coefficient (Wildman–Crippen LogP) is 4.29. The van der Waals surface area contributed by atoms with Gasteiger partial charge in [0.15, 0.2) is 0 Å². The third-order valence-electron chi connectivity index (χ3n) is 3.22. The van der Waals surface area contributed by atoms with Crippen molar-refractivity contribution in [3.8, 4) is 11.1 Å². The Balaban J connectivity index is 1.88. The van der Waals surface area contributed by atoms with Crippen LogP contribution in [-0.2, 0) is 6.54 Å². The maximum Gasteiger partial charge on any atom is 0.0205 e. The highest BCUT2D eigenvalue weighted by atomic mass is 14.8. The summed E-state index contributed by atoms with van der Waals surface area (Å²) in [6, 6.07) is 20.0. The maximum absolute atomic E-state index is 3.49. The number of nitrogens with one attached hydrogen (secondary N) is 1. The van der Waals surface area contributed by atoms with Crippen molar-refractivity contribution in [1.29, 1.82) is 0 Å². The standard InChI is InChI=1S/C18H22N/c1-15(2)12-13-19-14-16-8-10-18(11-9-16)17-6-4-3-5-7-17/h3-4,6-11,15,19H,12-14H2,1-2H3. The van der Waals surface area contributed by atoms with Crippen LogP contribution in [0.1, 0.15) is 25.8 Å². The number of rotatable bonds is 6. The molecule has 0 bridgehead atoms. The van der Waals surface area contributed by atoms with Crippen molar-refractivity contribution in [1.82, 2.24) is 5.32 Å². The fourth-order valence-electron chi connectivity index (χ4n) is 2.01. The first-order valence-corrected chi connectivity index (χ1v) is 7.02. The summed E-state index contributed by atoms with van der Waals surface area (Å²) in [5.41, 5.74) is 3.82. The molecule has 2 aromatic rings. The lowest BCUT2D eigenvalue weighted by molar-refractivity contribution is 0.537. The van der Waals surface area contributed by atoms with E-state index in [2.05, 4.69) is 55.6 Å². The van der Waals surface area contributed by atoms with Gasteiger partial charge >= 0.3 is 0 Å². The highest BCUT2D eigenvalue weighted by Crippen LogP contribution is 2.18. The fourth-order valence-corrected chi connectivity index (χ4v) is 2.01. The lowest BCUT2D eigenvalue weighted by Crippen LogP contribution is -2.16. The molecule has 0 saturated carbocycles. The van der Waals surface area contributed by atoms with E-state index in [0.717, 1.165) is 19.0 Å². The third kappa shape index (κ3) is 4.53. The molecule has 2 rings (SSSR count). The van der Waals surface area contributed by atoms with Gasteiger partial charge in [-0.2, -0.15) is 0 Å². The van der Waals surface area contributed by atoms with Gasteiger partial charge in [0.1, 0.15) is 0 Å². The molecule has 0 unspecified atom stereocenters. The molecule has 1 nitrogen and oxygen atoms in total. The Bertz CT molecular complexity index is 471. The molecule has 0 saturated heterocycles. The van der Waals surface area contributed by atoms with Crippen LogP contribution in [0.2, 0.25) is 0 Å². The fraction of sp³-hybridized carbons (Fsp3) is 0.333. The lowest BCUT2D eigenvalue weighted by Gasteiger charge is -2.08. The zero-order chi connectivity index (χ0) is 13.5. The van der Waals surface area contributed by atoms with E-state index >= 15 is 0 Å². The van der Waals surface area contributed by atoms with Crippen LogP contribution in [0.25, 0.3) is 11.1 Å². The number of hydrogen-bond acceptors (Lipinski definition) is 1. The summed E-state index contributed by atoms with van der Waals surface area (Å²) in [7, 11) is 0. The first-order valence-electron chi connectivity index (χ1n) is 7.02. The van der Waals surface area contributed by atoms with E-state index in [1.165, 1.54) is 23.1 Å². The minimum absolute atomic E-state index is 0.768. The molecular weight excluding hydrogens is 230 g/mol. The molecule has 0 aliphatic carbocycles. The van der Waals surface area contributed by atoms with Crippen molar-refractivity contribution >= 4 is 0 Å². The van der Waals surface area contributed by atoms with E-state index in [1.54, 1.807) is 0 Å². The first-order chi connectivity index (χ1) is 9.25. The van der Waals surface area contributed by atoms with E-state index in [-0.39, 0.29) is 0 Å². The van der Waals surface area contributed by atoms with Crippen molar-refractivity contribution in [2.75, 3.05) is 6.54 Å². The van der Waals surface area contributed by atoms with Gasteiger partial charge < -0.3 is 5.32 Å². The Kier molecular flexibility index (Phi) is 5.17. The Morgan fingerprint density at radius 1 is 1.05 bits per heavy atom. The van der Waals surface area contributed by atoms with Gasteiger partial charge in [-0.25, -0.2) is 0 Å². The van der Waals surface area contributed by atoms with Crippen molar-refractivity contribution in [3.05, 3.63) is 60.2 Å². The largest absolute Gasteiger partial charge is 0.313 e. The summed E-state index contributed by atoms with van der Waals surface area (Å²) in [4.78, 5) is 0. The van der Waals surface area contributed by atoms with Gasteiger partial charge in [-0.05, 0) is 47.7 Å². The molecule has 0 aliphatic rings. The molecular formula is C18H22N. The van der Waals surface area contributed by atoms with E-state index in [4.69, 9.17) is 0 Å². The van der Waals surface area contributed by atoms with Crippen molar-refractivity contribution < 1.29 is 0 Å². The molecule has 1 N–H and O–H groups in total. The van der Waals surface area contributed by atoms with Crippen LogP contribution in [0.3, 0.4) is 0 Å². The summed E-state index contributed by atoms with van der Waals surface area (Å²) < 4.78 is 0. The molecule has 0 fully saturated rings. The summed E-state index contributed by atoms with van der Waals surface area (Å²) in [5.74, 6) is 0.768. The van der Waals surface area contributed by atoms with Gasteiger partial charge in [-0.3, -0.25) is 0 Å². The lowest BCUT2D eigenvalue weighted by atomic mass is 10.0. The van der Waals surface area contributed by atoms with E-state index in [0.29, 0.717) is 0 Å². The molecule has 0 atom stereocenters.